The fourth-order valence-corrected chi connectivity index (χ4v) is 2.02. The highest BCUT2D eigenvalue weighted by atomic mass is 32.2. The molecule has 0 aliphatic heterocycles. The summed E-state index contributed by atoms with van der Waals surface area (Å²) in [4.78, 5) is 0. The number of benzene rings is 1. The first-order chi connectivity index (χ1) is 8.24. The monoisotopic (exact) mass is 283 g/mol. The molecule has 5 nitrogen and oxygen atoms in total. The molecule has 0 bridgehead atoms. The van der Waals surface area contributed by atoms with Crippen molar-refractivity contribution in [3.63, 3.8) is 0 Å². The maximum atomic E-state index is 12.3. The minimum Gasteiger partial charge on any atom is -0.329 e. The molecule has 18 heavy (non-hydrogen) atoms. The van der Waals surface area contributed by atoms with Crippen molar-refractivity contribution in [2.75, 3.05) is 17.8 Å². The third kappa shape index (κ3) is 4.51. The average molecular weight is 283 g/mol. The fourth-order valence-electron chi connectivity index (χ4n) is 1.11. The van der Waals surface area contributed by atoms with Crippen molar-refractivity contribution < 1.29 is 21.6 Å². The maximum absolute atomic E-state index is 12.3. The molecule has 0 unspecified atom stereocenters. The molecular weight excluding hydrogens is 271 g/mol. The number of hydrogen-bond donors (Lipinski definition) is 3. The zero-order chi connectivity index (χ0) is 13.8. The summed E-state index contributed by atoms with van der Waals surface area (Å²) in [6.07, 6.45) is -4.45. The molecule has 0 radical (unpaired) electrons. The molecular formula is C9H12F3N3O2S. The van der Waals surface area contributed by atoms with Crippen molar-refractivity contribution in [3.05, 3.63) is 29.8 Å². The Balaban J connectivity index is 2.75. The van der Waals surface area contributed by atoms with Gasteiger partial charge in [-0.25, -0.2) is 0 Å². The molecule has 0 spiro atoms. The van der Waals surface area contributed by atoms with Crippen molar-refractivity contribution in [3.8, 4) is 0 Å². The van der Waals surface area contributed by atoms with E-state index in [1.165, 1.54) is 0 Å². The molecule has 0 fully saturated rings. The molecule has 0 aliphatic rings. The summed E-state index contributed by atoms with van der Waals surface area (Å²) in [6.45, 7) is 0.157. The molecule has 9 heteroatoms. The van der Waals surface area contributed by atoms with Crippen LogP contribution in [0.2, 0.25) is 0 Å². The first-order valence-corrected chi connectivity index (χ1v) is 6.37. The van der Waals surface area contributed by atoms with Crippen molar-refractivity contribution in [1.29, 1.82) is 0 Å². The number of alkyl halides is 3. The van der Waals surface area contributed by atoms with E-state index in [1.54, 1.807) is 0 Å². The zero-order valence-corrected chi connectivity index (χ0v) is 9.98. The molecule has 102 valence electrons. The maximum Gasteiger partial charge on any atom is 0.416 e. The van der Waals surface area contributed by atoms with Crippen LogP contribution in [0.1, 0.15) is 5.56 Å². The highest BCUT2D eigenvalue weighted by Gasteiger charge is 2.30. The first kappa shape index (κ1) is 14.7. The van der Waals surface area contributed by atoms with Gasteiger partial charge in [-0.2, -0.15) is 26.3 Å². The summed E-state index contributed by atoms with van der Waals surface area (Å²) < 4.78 is 63.6. The molecule has 0 atom stereocenters. The van der Waals surface area contributed by atoms with Crippen LogP contribution in [0, 0.1) is 0 Å². The average Bonchev–Trinajstić information content (AvgIpc) is 2.25. The predicted molar refractivity (Wildman–Crippen MR) is 61.0 cm³/mol. The largest absolute Gasteiger partial charge is 0.416 e. The summed E-state index contributed by atoms with van der Waals surface area (Å²) in [5.41, 5.74) is 4.30. The lowest BCUT2D eigenvalue weighted by atomic mass is 10.2. The normalized spacial score (nSPS) is 12.4. The summed E-state index contributed by atoms with van der Waals surface area (Å²) in [5.74, 6) is 0. The van der Waals surface area contributed by atoms with Crippen molar-refractivity contribution in [2.45, 2.75) is 6.18 Å². The first-order valence-electron chi connectivity index (χ1n) is 4.89. The van der Waals surface area contributed by atoms with Gasteiger partial charge in [-0.1, -0.05) is 0 Å². The topological polar surface area (TPSA) is 84.2 Å². The quantitative estimate of drug-likeness (QED) is 0.751. The van der Waals surface area contributed by atoms with E-state index in [2.05, 4.69) is 9.44 Å². The number of nitrogens with one attached hydrogen (secondary N) is 2. The molecule has 4 N–H and O–H groups in total. The highest BCUT2D eigenvalue weighted by molar-refractivity contribution is 7.90. The van der Waals surface area contributed by atoms with Gasteiger partial charge >= 0.3 is 6.18 Å². The molecule has 0 saturated carbocycles. The van der Waals surface area contributed by atoms with Crippen LogP contribution in [0.15, 0.2) is 24.3 Å². The number of rotatable bonds is 5. The van der Waals surface area contributed by atoms with Gasteiger partial charge in [-0.15, -0.1) is 0 Å². The predicted octanol–water partition coefficient (Wildman–Crippen LogP) is 0.910. The smallest absolute Gasteiger partial charge is 0.329 e. The standard InChI is InChI=1S/C9H12F3N3O2S/c10-9(11,12)7-1-3-8(4-2-7)15-18(16,17)14-6-5-13/h1-4,14-15H,5-6,13H2. The summed E-state index contributed by atoms with van der Waals surface area (Å²) >= 11 is 0. The summed E-state index contributed by atoms with van der Waals surface area (Å²) in [6, 6.07) is 3.65. The van der Waals surface area contributed by atoms with Crippen LogP contribution >= 0.6 is 0 Å². The van der Waals surface area contributed by atoms with E-state index in [-0.39, 0.29) is 18.8 Å². The van der Waals surface area contributed by atoms with Crippen molar-refractivity contribution in [1.82, 2.24) is 4.72 Å². The summed E-state index contributed by atoms with van der Waals surface area (Å²) in [7, 11) is -3.81. The third-order valence-corrected chi connectivity index (χ3v) is 2.99. The van der Waals surface area contributed by atoms with Crippen LogP contribution in [-0.4, -0.2) is 21.5 Å². The second kappa shape index (κ2) is 5.55. The van der Waals surface area contributed by atoms with Gasteiger partial charge in [0.25, 0.3) is 10.2 Å². The van der Waals surface area contributed by atoms with Gasteiger partial charge in [0, 0.05) is 18.8 Å². The summed E-state index contributed by atoms with van der Waals surface area (Å²) in [5, 5.41) is 0. The number of hydrogen-bond acceptors (Lipinski definition) is 3. The third-order valence-electron chi connectivity index (χ3n) is 1.90. The molecule has 0 amide bonds. The second-order valence-electron chi connectivity index (χ2n) is 3.36. The minimum atomic E-state index is -4.45. The van der Waals surface area contributed by atoms with E-state index in [4.69, 9.17) is 5.73 Å². The zero-order valence-electron chi connectivity index (χ0n) is 9.16. The van der Waals surface area contributed by atoms with Gasteiger partial charge in [-0.05, 0) is 24.3 Å². The fraction of sp³-hybridized carbons (Fsp3) is 0.333. The molecule has 1 rings (SSSR count). The molecule has 1 aromatic rings. The van der Waals surface area contributed by atoms with E-state index in [0.717, 1.165) is 24.3 Å². The van der Waals surface area contributed by atoms with Gasteiger partial charge in [0.1, 0.15) is 0 Å². The van der Waals surface area contributed by atoms with Gasteiger partial charge in [0.2, 0.25) is 0 Å². The van der Waals surface area contributed by atoms with Crippen LogP contribution < -0.4 is 15.2 Å². The van der Waals surface area contributed by atoms with Crippen LogP contribution in [0.5, 0.6) is 0 Å². The molecule has 0 heterocycles. The Morgan fingerprint density at radius 3 is 2.17 bits per heavy atom. The lowest BCUT2D eigenvalue weighted by molar-refractivity contribution is -0.137. The van der Waals surface area contributed by atoms with E-state index < -0.39 is 21.9 Å². The van der Waals surface area contributed by atoms with E-state index in [0.29, 0.717) is 0 Å². The van der Waals surface area contributed by atoms with Crippen molar-refractivity contribution in [2.24, 2.45) is 5.73 Å². The Labute approximate surface area is 102 Å². The van der Waals surface area contributed by atoms with Gasteiger partial charge < -0.3 is 5.73 Å². The van der Waals surface area contributed by atoms with Gasteiger partial charge in [-0.3, -0.25) is 4.72 Å². The highest BCUT2D eigenvalue weighted by Crippen LogP contribution is 2.29. The Bertz CT molecular complexity index is 485. The van der Waals surface area contributed by atoms with Gasteiger partial charge in [0.15, 0.2) is 0 Å². The number of halogens is 3. The Morgan fingerprint density at radius 2 is 1.72 bits per heavy atom. The van der Waals surface area contributed by atoms with Crippen molar-refractivity contribution >= 4 is 15.9 Å². The van der Waals surface area contributed by atoms with Crippen LogP contribution in [-0.2, 0) is 16.4 Å². The Hall–Kier alpha value is -1.32. The van der Waals surface area contributed by atoms with E-state index in [9.17, 15) is 21.6 Å². The number of anilines is 1. The van der Waals surface area contributed by atoms with E-state index in [1.807, 2.05) is 0 Å². The number of nitrogens with two attached hydrogens (primary N) is 1. The second-order valence-corrected chi connectivity index (χ2v) is 4.86. The minimum absolute atomic E-state index is 0.0347. The van der Waals surface area contributed by atoms with Crippen LogP contribution in [0.25, 0.3) is 0 Å². The van der Waals surface area contributed by atoms with E-state index >= 15 is 0 Å². The lowest BCUT2D eigenvalue weighted by Gasteiger charge is -2.10. The SMILES string of the molecule is NCCNS(=O)(=O)Nc1ccc(C(F)(F)F)cc1. The molecule has 0 saturated heterocycles. The van der Waals surface area contributed by atoms with Gasteiger partial charge in [0.05, 0.1) is 5.56 Å². The lowest BCUT2D eigenvalue weighted by Crippen LogP contribution is -2.33. The molecule has 0 aliphatic carbocycles. The molecule has 0 aromatic heterocycles. The molecule has 1 aromatic carbocycles. The van der Waals surface area contributed by atoms with Crippen LogP contribution in [0.4, 0.5) is 18.9 Å². The van der Waals surface area contributed by atoms with Crippen LogP contribution in [0.3, 0.4) is 0 Å². The Morgan fingerprint density at radius 1 is 1.17 bits per heavy atom. The Kier molecular flexibility index (Phi) is 4.54.